The second-order valence-corrected chi connectivity index (χ2v) is 6.04. The quantitative estimate of drug-likeness (QED) is 0.798. The fourth-order valence-corrected chi connectivity index (χ4v) is 2.99. The molecule has 0 spiro atoms. The Balaban J connectivity index is 1.46. The number of fused-ring (bicyclic) bond motifs is 1. The molecule has 0 saturated heterocycles. The number of ether oxygens (including phenoxy) is 1. The third kappa shape index (κ3) is 2.76. The molecule has 1 heterocycles. The van der Waals surface area contributed by atoms with Gasteiger partial charge >= 0.3 is 0 Å². The number of nitrogens with zero attached hydrogens (tertiary/aromatic N) is 2. The lowest BCUT2D eigenvalue weighted by molar-refractivity contribution is 0.271. The Labute approximate surface area is 138 Å². The fourth-order valence-electron chi connectivity index (χ4n) is 2.99. The van der Waals surface area contributed by atoms with Crippen molar-refractivity contribution in [2.45, 2.75) is 25.0 Å². The van der Waals surface area contributed by atoms with Crippen LogP contribution in [0.1, 0.15) is 22.8 Å². The lowest BCUT2D eigenvalue weighted by Crippen LogP contribution is -2.37. The van der Waals surface area contributed by atoms with Gasteiger partial charge in [0.15, 0.2) is 6.61 Å². The minimum Gasteiger partial charge on any atom is -0.485 e. The van der Waals surface area contributed by atoms with Crippen molar-refractivity contribution in [1.82, 2.24) is 10.1 Å². The Morgan fingerprint density at radius 1 is 1.08 bits per heavy atom. The Kier molecular flexibility index (Phi) is 3.54. The molecule has 0 saturated carbocycles. The van der Waals surface area contributed by atoms with Crippen molar-refractivity contribution in [2.75, 3.05) is 0 Å². The molecule has 0 aliphatic heterocycles. The summed E-state index contributed by atoms with van der Waals surface area (Å²) in [5.41, 5.74) is 8.23. The summed E-state index contributed by atoms with van der Waals surface area (Å²) in [5.74, 6) is 1.06. The number of halogens is 1. The Morgan fingerprint density at radius 3 is 2.42 bits per heavy atom. The largest absolute Gasteiger partial charge is 0.485 e. The summed E-state index contributed by atoms with van der Waals surface area (Å²) in [4.78, 5) is 4.38. The van der Waals surface area contributed by atoms with Crippen LogP contribution in [0.4, 0.5) is 4.39 Å². The van der Waals surface area contributed by atoms with Gasteiger partial charge in [-0.3, -0.25) is 0 Å². The molecule has 122 valence electrons. The molecule has 1 aliphatic carbocycles. The molecule has 0 amide bonds. The fraction of sp³-hybridized carbons (Fsp3) is 0.222. The van der Waals surface area contributed by atoms with Crippen LogP contribution in [0.5, 0.6) is 5.75 Å². The molecule has 0 bridgehead atoms. The molecule has 4 rings (SSSR count). The maximum atomic E-state index is 12.9. The number of hydrogen-bond acceptors (Lipinski definition) is 5. The number of benzene rings is 2. The molecule has 3 aromatic rings. The third-order valence-electron chi connectivity index (χ3n) is 4.21. The summed E-state index contributed by atoms with van der Waals surface area (Å²) in [5, 5.41) is 3.94. The lowest BCUT2D eigenvalue weighted by Gasteiger charge is -2.17. The first-order chi connectivity index (χ1) is 11.6. The van der Waals surface area contributed by atoms with Crippen LogP contribution in [0.15, 0.2) is 53.1 Å². The Morgan fingerprint density at radius 2 is 1.75 bits per heavy atom. The van der Waals surface area contributed by atoms with Crippen LogP contribution in [0.3, 0.4) is 0 Å². The average Bonchev–Trinajstić information content (AvgIpc) is 3.18. The highest BCUT2D eigenvalue weighted by atomic mass is 19.1. The van der Waals surface area contributed by atoms with E-state index in [-0.39, 0.29) is 12.4 Å². The van der Waals surface area contributed by atoms with Gasteiger partial charge in [0.2, 0.25) is 11.7 Å². The molecule has 0 unspecified atom stereocenters. The van der Waals surface area contributed by atoms with Crippen molar-refractivity contribution in [1.29, 1.82) is 0 Å². The molecule has 5 nitrogen and oxygen atoms in total. The number of nitrogens with two attached hydrogens (primary N) is 1. The highest BCUT2D eigenvalue weighted by Gasteiger charge is 2.39. The van der Waals surface area contributed by atoms with Crippen molar-refractivity contribution in [3.63, 3.8) is 0 Å². The molecule has 6 heteroatoms. The molecule has 24 heavy (non-hydrogen) atoms. The van der Waals surface area contributed by atoms with E-state index in [0.29, 0.717) is 30.3 Å². The van der Waals surface area contributed by atoms with Crippen LogP contribution in [-0.4, -0.2) is 10.1 Å². The summed E-state index contributed by atoms with van der Waals surface area (Å²) in [6.07, 6.45) is 1.34. The number of rotatable bonds is 4. The van der Waals surface area contributed by atoms with Gasteiger partial charge in [0.1, 0.15) is 17.1 Å². The second kappa shape index (κ2) is 5.72. The van der Waals surface area contributed by atoms with E-state index in [0.717, 1.165) is 0 Å². The average molecular weight is 325 g/mol. The van der Waals surface area contributed by atoms with E-state index >= 15 is 0 Å². The summed E-state index contributed by atoms with van der Waals surface area (Å²) < 4.78 is 23.8. The summed E-state index contributed by atoms with van der Waals surface area (Å²) in [6, 6.07) is 13.9. The second-order valence-electron chi connectivity index (χ2n) is 6.04. The molecule has 0 radical (unpaired) electrons. The van der Waals surface area contributed by atoms with Crippen molar-refractivity contribution in [3.8, 4) is 5.75 Å². The van der Waals surface area contributed by atoms with E-state index in [1.165, 1.54) is 23.3 Å². The van der Waals surface area contributed by atoms with Crippen molar-refractivity contribution in [2.24, 2.45) is 5.73 Å². The summed E-state index contributed by atoms with van der Waals surface area (Å²) in [6.45, 7) is 0.137. The van der Waals surface area contributed by atoms with Gasteiger partial charge in [0.05, 0.1) is 0 Å². The number of aromatic nitrogens is 2. The van der Waals surface area contributed by atoms with E-state index in [9.17, 15) is 4.39 Å². The zero-order valence-electron chi connectivity index (χ0n) is 12.9. The molecule has 1 aliphatic rings. The van der Waals surface area contributed by atoms with Crippen molar-refractivity contribution < 1.29 is 13.7 Å². The standard InChI is InChI=1S/C18H16FN3O2/c19-14-5-7-15(8-6-14)23-11-16-21-17(24-22-16)18(20)9-12-3-1-2-4-13(12)10-18/h1-8H,9-11,20H2. The zero-order valence-corrected chi connectivity index (χ0v) is 12.9. The molecule has 0 atom stereocenters. The van der Waals surface area contributed by atoms with E-state index in [4.69, 9.17) is 15.0 Å². The SMILES string of the molecule is NC1(c2nc(COc3ccc(F)cc3)no2)Cc2ccccc2C1. The van der Waals surface area contributed by atoms with Gasteiger partial charge in [0, 0.05) is 0 Å². The predicted octanol–water partition coefficient (Wildman–Crippen LogP) is 2.74. The smallest absolute Gasteiger partial charge is 0.247 e. The van der Waals surface area contributed by atoms with Crippen molar-refractivity contribution >= 4 is 0 Å². The number of hydrogen-bond donors (Lipinski definition) is 1. The van der Waals surface area contributed by atoms with E-state index in [2.05, 4.69) is 22.3 Å². The molecular formula is C18H16FN3O2. The van der Waals surface area contributed by atoms with Crippen LogP contribution < -0.4 is 10.5 Å². The molecule has 2 N–H and O–H groups in total. The molecule has 2 aromatic carbocycles. The van der Waals surface area contributed by atoms with Crippen LogP contribution in [0, 0.1) is 5.82 Å². The highest BCUT2D eigenvalue weighted by Crippen LogP contribution is 2.34. The minimum absolute atomic E-state index is 0.137. The van der Waals surface area contributed by atoms with Gasteiger partial charge in [-0.15, -0.1) is 0 Å². The first-order valence-corrected chi connectivity index (χ1v) is 7.69. The van der Waals surface area contributed by atoms with Crippen LogP contribution >= 0.6 is 0 Å². The van der Waals surface area contributed by atoms with Gasteiger partial charge in [-0.1, -0.05) is 29.4 Å². The predicted molar refractivity (Wildman–Crippen MR) is 84.7 cm³/mol. The van der Waals surface area contributed by atoms with E-state index in [1.807, 2.05) is 12.1 Å². The zero-order chi connectivity index (χ0) is 16.6. The van der Waals surface area contributed by atoms with Gasteiger partial charge in [-0.2, -0.15) is 4.98 Å². The van der Waals surface area contributed by atoms with Gasteiger partial charge in [-0.25, -0.2) is 4.39 Å². The van der Waals surface area contributed by atoms with Gasteiger partial charge < -0.3 is 15.0 Å². The normalized spacial score (nSPS) is 15.2. The summed E-state index contributed by atoms with van der Waals surface area (Å²) >= 11 is 0. The van der Waals surface area contributed by atoms with Gasteiger partial charge in [-0.05, 0) is 48.2 Å². The molecule has 0 fully saturated rings. The van der Waals surface area contributed by atoms with Crippen LogP contribution in [0.25, 0.3) is 0 Å². The Hall–Kier alpha value is -2.73. The summed E-state index contributed by atoms with van der Waals surface area (Å²) in [7, 11) is 0. The maximum Gasteiger partial charge on any atom is 0.247 e. The van der Waals surface area contributed by atoms with Gasteiger partial charge in [0.25, 0.3) is 0 Å². The first-order valence-electron chi connectivity index (χ1n) is 7.69. The first kappa shape index (κ1) is 14.8. The van der Waals surface area contributed by atoms with E-state index in [1.54, 1.807) is 12.1 Å². The van der Waals surface area contributed by atoms with Crippen molar-refractivity contribution in [3.05, 3.63) is 77.2 Å². The van der Waals surface area contributed by atoms with Crippen LogP contribution in [-0.2, 0) is 25.0 Å². The third-order valence-corrected chi connectivity index (χ3v) is 4.21. The maximum absolute atomic E-state index is 12.9. The Bertz CT molecular complexity index is 836. The van der Waals surface area contributed by atoms with E-state index < -0.39 is 5.54 Å². The van der Waals surface area contributed by atoms with Crippen LogP contribution in [0.2, 0.25) is 0 Å². The molecule has 1 aromatic heterocycles. The highest BCUT2D eigenvalue weighted by molar-refractivity contribution is 5.37. The monoisotopic (exact) mass is 325 g/mol. The molecular weight excluding hydrogens is 309 g/mol. The lowest BCUT2D eigenvalue weighted by atomic mass is 9.97. The topological polar surface area (TPSA) is 74.2 Å². The minimum atomic E-state index is -0.676.